The highest BCUT2D eigenvalue weighted by Crippen LogP contribution is 2.42. The lowest BCUT2D eigenvalue weighted by Crippen LogP contribution is -2.35. The highest BCUT2D eigenvalue weighted by Gasteiger charge is 2.25. The molecule has 3 aromatic rings. The summed E-state index contributed by atoms with van der Waals surface area (Å²) >= 11 is 1.51. The molecule has 0 bridgehead atoms. The maximum atomic E-state index is 11.3. The molecule has 8 heteroatoms. The van der Waals surface area contributed by atoms with Gasteiger partial charge in [-0.25, -0.2) is 14.8 Å². The first-order valence-corrected chi connectivity index (χ1v) is 9.81. The van der Waals surface area contributed by atoms with Crippen LogP contribution in [0.2, 0.25) is 0 Å². The quantitative estimate of drug-likeness (QED) is 0.737. The molecule has 7 nitrogen and oxygen atoms in total. The van der Waals surface area contributed by atoms with Crippen molar-refractivity contribution in [2.75, 3.05) is 14.1 Å². The van der Waals surface area contributed by atoms with Crippen LogP contribution in [-0.4, -0.2) is 47.2 Å². The number of aromatic nitrogens is 2. The lowest BCUT2D eigenvalue weighted by Gasteiger charge is -2.32. The summed E-state index contributed by atoms with van der Waals surface area (Å²) in [5.41, 5.74) is 5.23. The van der Waals surface area contributed by atoms with Crippen molar-refractivity contribution in [2.24, 2.45) is 5.73 Å². The molecule has 1 aromatic carbocycles. The number of hydrogen-bond donors (Lipinski definition) is 1. The number of amides is 1. The second-order valence-corrected chi connectivity index (χ2v) is 8.05. The van der Waals surface area contributed by atoms with E-state index in [0.717, 1.165) is 46.0 Å². The minimum atomic E-state index is -0.844. The van der Waals surface area contributed by atoms with Crippen LogP contribution in [0.25, 0.3) is 20.3 Å². The molecule has 1 amide bonds. The van der Waals surface area contributed by atoms with Gasteiger partial charge in [0.2, 0.25) is 5.88 Å². The van der Waals surface area contributed by atoms with E-state index in [1.165, 1.54) is 17.7 Å². The highest BCUT2D eigenvalue weighted by atomic mass is 32.1. The molecule has 0 radical (unpaired) electrons. The van der Waals surface area contributed by atoms with Crippen molar-refractivity contribution in [2.45, 2.75) is 37.8 Å². The van der Waals surface area contributed by atoms with Crippen LogP contribution in [0.4, 0.5) is 4.79 Å². The lowest BCUT2D eigenvalue weighted by molar-refractivity contribution is 0.108. The van der Waals surface area contributed by atoms with Gasteiger partial charge in [-0.1, -0.05) is 6.07 Å². The Hall–Kier alpha value is -2.45. The van der Waals surface area contributed by atoms with Gasteiger partial charge < -0.3 is 20.1 Å². The monoisotopic (exact) mass is 386 g/mol. The molecule has 27 heavy (non-hydrogen) atoms. The van der Waals surface area contributed by atoms with Crippen LogP contribution < -0.4 is 15.2 Å². The van der Waals surface area contributed by atoms with E-state index in [2.05, 4.69) is 29.0 Å². The van der Waals surface area contributed by atoms with E-state index < -0.39 is 6.09 Å². The fraction of sp³-hybridized carbons (Fsp3) is 0.421. The molecule has 1 aliphatic carbocycles. The number of hydrogen-bond acceptors (Lipinski definition) is 7. The number of nitrogens with two attached hydrogens (primary N) is 1. The maximum absolute atomic E-state index is 11.3. The molecule has 0 aliphatic heterocycles. The van der Waals surface area contributed by atoms with Crippen LogP contribution in [0, 0.1) is 0 Å². The summed E-state index contributed by atoms with van der Waals surface area (Å²) in [6, 6.07) is 6.11. The summed E-state index contributed by atoms with van der Waals surface area (Å²) in [6.45, 7) is 0. The Balaban J connectivity index is 1.70. The summed E-state index contributed by atoms with van der Waals surface area (Å²) in [5.74, 6) is 0.947. The van der Waals surface area contributed by atoms with Crippen LogP contribution >= 0.6 is 11.3 Å². The zero-order valence-electron chi connectivity index (χ0n) is 15.3. The first-order valence-electron chi connectivity index (χ1n) is 8.99. The van der Waals surface area contributed by atoms with Gasteiger partial charge in [-0.3, -0.25) is 0 Å². The number of carbonyl (C=O) groups excluding carboxylic acids is 1. The summed E-state index contributed by atoms with van der Waals surface area (Å²) in [7, 11) is 4.25. The Bertz CT molecular complexity index is 980. The van der Waals surface area contributed by atoms with Crippen LogP contribution in [0.3, 0.4) is 0 Å². The lowest BCUT2D eigenvalue weighted by atomic mass is 9.92. The van der Waals surface area contributed by atoms with Crippen molar-refractivity contribution in [1.29, 1.82) is 0 Å². The number of ether oxygens (including phenoxy) is 2. The summed E-state index contributed by atoms with van der Waals surface area (Å²) in [6.07, 6.45) is 4.98. The molecular weight excluding hydrogens is 364 g/mol. The first-order chi connectivity index (χ1) is 13.0. The van der Waals surface area contributed by atoms with Crippen LogP contribution in [0.5, 0.6) is 11.6 Å². The fourth-order valence-corrected chi connectivity index (χ4v) is 4.76. The van der Waals surface area contributed by atoms with Gasteiger partial charge in [0.15, 0.2) is 0 Å². The zero-order valence-corrected chi connectivity index (χ0v) is 16.2. The van der Waals surface area contributed by atoms with E-state index in [1.807, 2.05) is 12.1 Å². The second-order valence-electron chi connectivity index (χ2n) is 7.02. The van der Waals surface area contributed by atoms with Gasteiger partial charge in [0.25, 0.3) is 0 Å². The molecule has 0 spiro atoms. The number of nitrogens with zero attached hydrogens (tertiary/aromatic N) is 3. The van der Waals surface area contributed by atoms with E-state index in [1.54, 1.807) is 6.07 Å². The van der Waals surface area contributed by atoms with Gasteiger partial charge in [-0.15, -0.1) is 11.3 Å². The number of fused-ring (bicyclic) bond motifs is 3. The van der Waals surface area contributed by atoms with Crippen LogP contribution in [-0.2, 0) is 0 Å². The molecular formula is C19H22N4O3S. The third kappa shape index (κ3) is 3.54. The highest BCUT2D eigenvalue weighted by molar-refractivity contribution is 7.25. The standard InChI is InChI=1S/C19H22N4O3S/c1-23(2)11-6-8-12(9-7-11)25-17-16-15-13(26-19(20)24)4-3-5-14(15)27-18(16)22-10-21-17/h3-5,10-12H,6-9H2,1-2H3,(H2,20,24). The Labute approximate surface area is 161 Å². The van der Waals surface area contributed by atoms with Crippen molar-refractivity contribution >= 4 is 37.7 Å². The van der Waals surface area contributed by atoms with Crippen molar-refractivity contribution in [3.8, 4) is 11.6 Å². The van der Waals surface area contributed by atoms with Gasteiger partial charge in [0, 0.05) is 10.7 Å². The molecule has 0 unspecified atom stereocenters. The van der Waals surface area contributed by atoms with Crippen molar-refractivity contribution < 1.29 is 14.3 Å². The van der Waals surface area contributed by atoms with Crippen LogP contribution in [0.1, 0.15) is 25.7 Å². The van der Waals surface area contributed by atoms with Gasteiger partial charge in [-0.05, 0) is 51.9 Å². The zero-order chi connectivity index (χ0) is 19.0. The molecule has 1 saturated carbocycles. The van der Waals surface area contributed by atoms with Crippen molar-refractivity contribution in [3.63, 3.8) is 0 Å². The Morgan fingerprint density at radius 2 is 1.96 bits per heavy atom. The molecule has 0 atom stereocenters. The number of primary amides is 1. The SMILES string of the molecule is CN(C)C1CCC(Oc2ncnc3sc4cccc(OC(N)=O)c4c23)CC1. The molecule has 142 valence electrons. The average molecular weight is 386 g/mol. The normalized spacial score (nSPS) is 20.3. The second kappa shape index (κ2) is 7.28. The summed E-state index contributed by atoms with van der Waals surface area (Å²) in [4.78, 5) is 23.1. The van der Waals surface area contributed by atoms with Gasteiger partial charge in [0.05, 0.1) is 10.8 Å². The molecule has 2 N–H and O–H groups in total. The van der Waals surface area contributed by atoms with Gasteiger partial charge >= 0.3 is 6.09 Å². The van der Waals surface area contributed by atoms with Gasteiger partial charge in [0.1, 0.15) is 23.0 Å². The predicted octanol–water partition coefficient (Wildman–Crippen LogP) is 3.55. The topological polar surface area (TPSA) is 90.6 Å². The number of rotatable bonds is 4. The summed E-state index contributed by atoms with van der Waals surface area (Å²) in [5, 5.41) is 1.55. The maximum Gasteiger partial charge on any atom is 0.409 e. The minimum absolute atomic E-state index is 0.124. The molecule has 2 heterocycles. The Morgan fingerprint density at radius 1 is 1.19 bits per heavy atom. The molecule has 1 fully saturated rings. The Kier molecular flexibility index (Phi) is 4.84. The predicted molar refractivity (Wildman–Crippen MR) is 105 cm³/mol. The minimum Gasteiger partial charge on any atom is -0.474 e. The largest absolute Gasteiger partial charge is 0.474 e. The number of thiophene rings is 1. The smallest absolute Gasteiger partial charge is 0.409 e. The third-order valence-corrected chi connectivity index (χ3v) is 6.15. The molecule has 2 aromatic heterocycles. The third-order valence-electron chi connectivity index (χ3n) is 5.09. The van der Waals surface area contributed by atoms with E-state index in [-0.39, 0.29) is 6.10 Å². The number of carbonyl (C=O) groups is 1. The first kappa shape index (κ1) is 17.9. The average Bonchev–Trinajstić information content (AvgIpc) is 3.02. The molecule has 0 saturated heterocycles. The van der Waals surface area contributed by atoms with E-state index >= 15 is 0 Å². The summed E-state index contributed by atoms with van der Waals surface area (Å²) < 4.78 is 12.4. The Morgan fingerprint density at radius 3 is 2.67 bits per heavy atom. The number of benzene rings is 1. The van der Waals surface area contributed by atoms with E-state index in [0.29, 0.717) is 17.7 Å². The molecule has 1 aliphatic rings. The van der Waals surface area contributed by atoms with Gasteiger partial charge in [-0.2, -0.15) is 0 Å². The van der Waals surface area contributed by atoms with E-state index in [4.69, 9.17) is 15.2 Å². The van der Waals surface area contributed by atoms with E-state index in [9.17, 15) is 4.79 Å². The van der Waals surface area contributed by atoms with Crippen molar-refractivity contribution in [3.05, 3.63) is 24.5 Å². The van der Waals surface area contributed by atoms with Crippen molar-refractivity contribution in [1.82, 2.24) is 14.9 Å². The molecule has 4 rings (SSSR count). The van der Waals surface area contributed by atoms with Crippen LogP contribution in [0.15, 0.2) is 24.5 Å². The fourth-order valence-electron chi connectivity index (χ4n) is 3.71.